The van der Waals surface area contributed by atoms with E-state index in [4.69, 9.17) is 4.52 Å². The SMILES string of the molecule is Cc1cc(CC(=O)N2CCN(C/C=C/c3ccccc3)CC2)no1. The van der Waals surface area contributed by atoms with E-state index in [1.807, 2.05) is 36.1 Å². The largest absolute Gasteiger partial charge is 0.361 e. The van der Waals surface area contributed by atoms with E-state index in [2.05, 4.69) is 34.3 Å². The van der Waals surface area contributed by atoms with Crippen molar-refractivity contribution in [3.8, 4) is 0 Å². The monoisotopic (exact) mass is 325 g/mol. The maximum Gasteiger partial charge on any atom is 0.228 e. The van der Waals surface area contributed by atoms with Crippen molar-refractivity contribution < 1.29 is 9.32 Å². The number of nitrogens with zero attached hydrogens (tertiary/aromatic N) is 3. The van der Waals surface area contributed by atoms with Crippen LogP contribution in [0.2, 0.25) is 0 Å². The van der Waals surface area contributed by atoms with Crippen LogP contribution in [0, 0.1) is 6.92 Å². The second-order valence-electron chi connectivity index (χ2n) is 6.10. The molecule has 5 nitrogen and oxygen atoms in total. The quantitative estimate of drug-likeness (QED) is 0.847. The molecule has 0 radical (unpaired) electrons. The van der Waals surface area contributed by atoms with Gasteiger partial charge >= 0.3 is 0 Å². The molecule has 1 aliphatic rings. The van der Waals surface area contributed by atoms with Crippen LogP contribution in [0.5, 0.6) is 0 Å². The first-order valence-corrected chi connectivity index (χ1v) is 8.34. The van der Waals surface area contributed by atoms with E-state index in [1.165, 1.54) is 5.56 Å². The Kier molecular flexibility index (Phi) is 5.43. The fraction of sp³-hybridized carbons (Fsp3) is 0.368. The van der Waals surface area contributed by atoms with Gasteiger partial charge in [0.15, 0.2) is 0 Å². The number of carbonyl (C=O) groups is 1. The highest BCUT2D eigenvalue weighted by atomic mass is 16.5. The van der Waals surface area contributed by atoms with E-state index in [9.17, 15) is 4.79 Å². The van der Waals surface area contributed by atoms with Crippen LogP contribution in [0.15, 0.2) is 47.0 Å². The highest BCUT2D eigenvalue weighted by Gasteiger charge is 2.21. The van der Waals surface area contributed by atoms with Gasteiger partial charge in [0.25, 0.3) is 0 Å². The summed E-state index contributed by atoms with van der Waals surface area (Å²) in [5.74, 6) is 0.871. The number of piperazine rings is 1. The molecule has 3 rings (SSSR count). The lowest BCUT2D eigenvalue weighted by Gasteiger charge is -2.34. The molecule has 0 N–H and O–H groups in total. The van der Waals surface area contributed by atoms with Crippen molar-refractivity contribution in [1.82, 2.24) is 15.0 Å². The minimum absolute atomic E-state index is 0.128. The molecule has 0 aliphatic carbocycles. The van der Waals surface area contributed by atoms with E-state index in [-0.39, 0.29) is 5.91 Å². The third kappa shape index (κ3) is 4.55. The molecule has 2 aromatic rings. The molecular weight excluding hydrogens is 302 g/mol. The van der Waals surface area contributed by atoms with Crippen molar-refractivity contribution >= 4 is 12.0 Å². The number of rotatable bonds is 5. The van der Waals surface area contributed by atoms with Crippen molar-refractivity contribution in [3.63, 3.8) is 0 Å². The summed E-state index contributed by atoms with van der Waals surface area (Å²) in [6, 6.07) is 12.1. The molecule has 5 heteroatoms. The first-order chi connectivity index (χ1) is 11.7. The van der Waals surface area contributed by atoms with Gasteiger partial charge in [-0.2, -0.15) is 0 Å². The zero-order chi connectivity index (χ0) is 16.8. The number of amides is 1. The summed E-state index contributed by atoms with van der Waals surface area (Å²) in [6.07, 6.45) is 4.65. The van der Waals surface area contributed by atoms with E-state index in [0.717, 1.165) is 38.5 Å². The predicted molar refractivity (Wildman–Crippen MR) is 93.4 cm³/mol. The second kappa shape index (κ2) is 7.93. The molecule has 0 saturated carbocycles. The first kappa shape index (κ1) is 16.5. The van der Waals surface area contributed by atoms with Crippen LogP contribution >= 0.6 is 0 Å². The van der Waals surface area contributed by atoms with Gasteiger partial charge in [-0.05, 0) is 12.5 Å². The Labute approximate surface area is 142 Å². The van der Waals surface area contributed by atoms with E-state index in [1.54, 1.807) is 0 Å². The zero-order valence-electron chi connectivity index (χ0n) is 14.0. The van der Waals surface area contributed by atoms with Crippen molar-refractivity contribution in [2.75, 3.05) is 32.7 Å². The molecule has 1 saturated heterocycles. The minimum atomic E-state index is 0.128. The second-order valence-corrected chi connectivity index (χ2v) is 6.10. The van der Waals surface area contributed by atoms with Gasteiger partial charge in [0.1, 0.15) is 5.76 Å². The Balaban J connectivity index is 1.42. The fourth-order valence-electron chi connectivity index (χ4n) is 2.85. The molecule has 1 fully saturated rings. The van der Waals surface area contributed by atoms with Gasteiger partial charge in [-0.1, -0.05) is 47.6 Å². The summed E-state index contributed by atoms with van der Waals surface area (Å²) >= 11 is 0. The molecule has 0 atom stereocenters. The van der Waals surface area contributed by atoms with Gasteiger partial charge in [-0.15, -0.1) is 0 Å². The van der Waals surface area contributed by atoms with Gasteiger partial charge in [0, 0.05) is 38.8 Å². The lowest BCUT2D eigenvalue weighted by molar-refractivity contribution is -0.132. The van der Waals surface area contributed by atoms with Gasteiger partial charge in [-0.25, -0.2) is 0 Å². The van der Waals surface area contributed by atoms with Crippen molar-refractivity contribution in [2.24, 2.45) is 0 Å². The zero-order valence-corrected chi connectivity index (χ0v) is 14.0. The molecule has 24 heavy (non-hydrogen) atoms. The smallest absolute Gasteiger partial charge is 0.228 e. The Morgan fingerprint density at radius 1 is 1.21 bits per heavy atom. The lowest BCUT2D eigenvalue weighted by atomic mass is 10.2. The average Bonchev–Trinajstić information content (AvgIpc) is 3.01. The number of hydrogen-bond donors (Lipinski definition) is 0. The van der Waals surface area contributed by atoms with Crippen LogP contribution in [0.1, 0.15) is 17.0 Å². The van der Waals surface area contributed by atoms with E-state index < -0.39 is 0 Å². The molecule has 2 heterocycles. The minimum Gasteiger partial charge on any atom is -0.361 e. The molecular formula is C19H23N3O2. The number of carbonyl (C=O) groups excluding carboxylic acids is 1. The lowest BCUT2D eigenvalue weighted by Crippen LogP contribution is -2.49. The van der Waals surface area contributed by atoms with E-state index in [0.29, 0.717) is 12.1 Å². The van der Waals surface area contributed by atoms with Gasteiger partial charge in [0.05, 0.1) is 12.1 Å². The number of benzene rings is 1. The first-order valence-electron chi connectivity index (χ1n) is 8.34. The Hall–Kier alpha value is -2.40. The van der Waals surface area contributed by atoms with Crippen LogP contribution in [-0.2, 0) is 11.2 Å². The van der Waals surface area contributed by atoms with Crippen molar-refractivity contribution in [1.29, 1.82) is 0 Å². The molecule has 1 aromatic heterocycles. The maximum atomic E-state index is 12.3. The molecule has 0 spiro atoms. The molecule has 1 amide bonds. The van der Waals surface area contributed by atoms with Crippen LogP contribution < -0.4 is 0 Å². The van der Waals surface area contributed by atoms with Crippen molar-refractivity contribution in [3.05, 3.63) is 59.5 Å². The van der Waals surface area contributed by atoms with Crippen molar-refractivity contribution in [2.45, 2.75) is 13.3 Å². The Morgan fingerprint density at radius 3 is 2.62 bits per heavy atom. The van der Waals surface area contributed by atoms with Crippen LogP contribution in [0.25, 0.3) is 6.08 Å². The van der Waals surface area contributed by atoms with Crippen LogP contribution in [-0.4, -0.2) is 53.6 Å². The number of aromatic nitrogens is 1. The molecule has 126 valence electrons. The molecule has 1 aliphatic heterocycles. The number of hydrogen-bond acceptors (Lipinski definition) is 4. The van der Waals surface area contributed by atoms with E-state index >= 15 is 0 Å². The summed E-state index contributed by atoms with van der Waals surface area (Å²) in [4.78, 5) is 16.6. The Morgan fingerprint density at radius 2 is 1.96 bits per heavy atom. The predicted octanol–water partition coefficient (Wildman–Crippen LogP) is 2.38. The molecule has 1 aromatic carbocycles. The summed E-state index contributed by atoms with van der Waals surface area (Å²) in [7, 11) is 0. The molecule has 0 unspecified atom stereocenters. The van der Waals surface area contributed by atoms with Gasteiger partial charge < -0.3 is 9.42 Å². The average molecular weight is 325 g/mol. The topological polar surface area (TPSA) is 49.6 Å². The summed E-state index contributed by atoms with van der Waals surface area (Å²) in [6.45, 7) is 6.11. The van der Waals surface area contributed by atoms with Crippen LogP contribution in [0.3, 0.4) is 0 Å². The highest BCUT2D eigenvalue weighted by molar-refractivity contribution is 5.78. The standard InChI is InChI=1S/C19H23N3O2/c1-16-14-18(20-24-16)15-19(23)22-12-10-21(11-13-22)9-5-8-17-6-3-2-4-7-17/h2-8,14H,9-13,15H2,1H3/b8-5+. The third-order valence-electron chi connectivity index (χ3n) is 4.21. The highest BCUT2D eigenvalue weighted by Crippen LogP contribution is 2.08. The summed E-state index contributed by atoms with van der Waals surface area (Å²) in [5.41, 5.74) is 1.93. The number of aryl methyl sites for hydroxylation is 1. The normalized spacial score (nSPS) is 16.0. The summed E-state index contributed by atoms with van der Waals surface area (Å²) in [5, 5.41) is 3.89. The summed E-state index contributed by atoms with van der Waals surface area (Å²) < 4.78 is 5.01. The molecule has 0 bridgehead atoms. The Bertz CT molecular complexity index is 686. The van der Waals surface area contributed by atoms with Gasteiger partial charge in [0.2, 0.25) is 5.91 Å². The third-order valence-corrected chi connectivity index (χ3v) is 4.21. The fourth-order valence-corrected chi connectivity index (χ4v) is 2.85. The van der Waals surface area contributed by atoms with Gasteiger partial charge in [-0.3, -0.25) is 9.69 Å². The maximum absolute atomic E-state index is 12.3. The van der Waals surface area contributed by atoms with Crippen LogP contribution in [0.4, 0.5) is 0 Å².